The van der Waals surface area contributed by atoms with Crippen molar-refractivity contribution in [1.82, 2.24) is 19.9 Å². The maximum Gasteiger partial charge on any atom is 0.241 e. The molecule has 7 heteroatoms. The van der Waals surface area contributed by atoms with Crippen LogP contribution >= 0.6 is 12.4 Å². The number of ether oxygens (including phenoxy) is 1. The Labute approximate surface area is 186 Å². The lowest BCUT2D eigenvalue weighted by atomic mass is 9.94. The minimum absolute atomic E-state index is 0. The zero-order chi connectivity index (χ0) is 19.9. The molecule has 1 aromatic carbocycles. The predicted octanol–water partition coefficient (Wildman–Crippen LogP) is 4.19. The number of halogens is 1. The normalized spacial score (nSPS) is 18.5. The van der Waals surface area contributed by atoms with Crippen LogP contribution in [0.4, 0.5) is 0 Å². The lowest BCUT2D eigenvalue weighted by Gasteiger charge is -2.29. The minimum Gasteiger partial charge on any atom is -0.379 e. The second-order valence-electron chi connectivity index (χ2n) is 8.47. The second kappa shape index (κ2) is 11.8. The van der Waals surface area contributed by atoms with Gasteiger partial charge < -0.3 is 9.26 Å². The van der Waals surface area contributed by atoms with Gasteiger partial charge in [-0.3, -0.25) is 9.80 Å². The Bertz CT molecular complexity index is 740. The van der Waals surface area contributed by atoms with Crippen LogP contribution in [-0.4, -0.2) is 65.9 Å². The summed E-state index contributed by atoms with van der Waals surface area (Å²) in [5, 5.41) is 4.21. The lowest BCUT2D eigenvalue weighted by molar-refractivity contribution is 0.0375. The molecule has 4 rings (SSSR count). The van der Waals surface area contributed by atoms with Crippen molar-refractivity contribution >= 4 is 12.4 Å². The SMILES string of the molecule is CN(Cc1nc(-c2ccc(CCCN3CCOCC3)cc2)no1)C1CCCCC1.Cl. The van der Waals surface area contributed by atoms with E-state index in [1.807, 2.05) is 0 Å². The van der Waals surface area contributed by atoms with E-state index in [0.717, 1.165) is 51.4 Å². The summed E-state index contributed by atoms with van der Waals surface area (Å²) >= 11 is 0. The molecule has 30 heavy (non-hydrogen) atoms. The highest BCUT2D eigenvalue weighted by Gasteiger charge is 2.20. The summed E-state index contributed by atoms with van der Waals surface area (Å²) in [5.41, 5.74) is 2.39. The maximum absolute atomic E-state index is 5.52. The first-order valence-corrected chi connectivity index (χ1v) is 11.2. The smallest absolute Gasteiger partial charge is 0.241 e. The van der Waals surface area contributed by atoms with Gasteiger partial charge in [-0.15, -0.1) is 12.4 Å². The van der Waals surface area contributed by atoms with Crippen LogP contribution in [0.2, 0.25) is 0 Å². The fraction of sp³-hybridized carbons (Fsp3) is 0.652. The Kier molecular flexibility index (Phi) is 9.12. The zero-order valence-electron chi connectivity index (χ0n) is 18.1. The Morgan fingerprint density at radius 2 is 1.80 bits per heavy atom. The first-order valence-electron chi connectivity index (χ1n) is 11.2. The molecule has 2 aliphatic rings. The van der Waals surface area contributed by atoms with E-state index >= 15 is 0 Å². The monoisotopic (exact) mass is 434 g/mol. The van der Waals surface area contributed by atoms with Crippen LogP contribution in [-0.2, 0) is 17.7 Å². The minimum atomic E-state index is 0. The van der Waals surface area contributed by atoms with E-state index in [1.165, 1.54) is 44.1 Å². The molecule has 1 aromatic heterocycles. The highest BCUT2D eigenvalue weighted by Crippen LogP contribution is 2.23. The van der Waals surface area contributed by atoms with Crippen LogP contribution < -0.4 is 0 Å². The van der Waals surface area contributed by atoms with Gasteiger partial charge in [0.25, 0.3) is 0 Å². The molecule has 0 N–H and O–H groups in total. The maximum atomic E-state index is 5.52. The van der Waals surface area contributed by atoms with Crippen LogP contribution in [0.5, 0.6) is 0 Å². The quantitative estimate of drug-likeness (QED) is 0.621. The van der Waals surface area contributed by atoms with Crippen molar-refractivity contribution in [2.24, 2.45) is 0 Å². The Balaban J connectivity index is 0.00000256. The number of aromatic nitrogens is 2. The summed E-state index contributed by atoms with van der Waals surface area (Å²) in [6.45, 7) is 5.75. The van der Waals surface area contributed by atoms with Crippen molar-refractivity contribution in [2.75, 3.05) is 39.9 Å². The van der Waals surface area contributed by atoms with Gasteiger partial charge in [0.2, 0.25) is 11.7 Å². The highest BCUT2D eigenvalue weighted by molar-refractivity contribution is 5.85. The molecule has 2 fully saturated rings. The van der Waals surface area contributed by atoms with Gasteiger partial charge in [0.15, 0.2) is 0 Å². The molecule has 2 heterocycles. The molecule has 166 valence electrons. The van der Waals surface area contributed by atoms with Crippen LogP contribution in [0, 0.1) is 0 Å². The summed E-state index contributed by atoms with van der Waals surface area (Å²) in [7, 11) is 2.17. The fourth-order valence-electron chi connectivity index (χ4n) is 4.45. The molecule has 0 unspecified atom stereocenters. The first-order chi connectivity index (χ1) is 14.3. The summed E-state index contributed by atoms with van der Waals surface area (Å²) in [4.78, 5) is 9.49. The third-order valence-corrected chi connectivity index (χ3v) is 6.31. The molecule has 0 atom stereocenters. The third kappa shape index (κ3) is 6.51. The molecular weight excluding hydrogens is 400 g/mol. The standard InChI is InChI=1S/C23H34N4O2.ClH/c1-26(21-7-3-2-4-8-21)18-22-24-23(25-29-22)20-11-9-19(10-12-20)6-5-13-27-14-16-28-17-15-27;/h9-12,21H,2-8,13-18H2,1H3;1H. The fourth-order valence-corrected chi connectivity index (χ4v) is 4.45. The Hall–Kier alpha value is -1.47. The van der Waals surface area contributed by atoms with E-state index in [2.05, 4.69) is 51.3 Å². The van der Waals surface area contributed by atoms with Gasteiger partial charge in [-0.1, -0.05) is 48.7 Å². The lowest BCUT2D eigenvalue weighted by Crippen LogP contribution is -2.36. The average molecular weight is 435 g/mol. The van der Waals surface area contributed by atoms with Crippen molar-refractivity contribution < 1.29 is 9.26 Å². The molecule has 0 radical (unpaired) electrons. The van der Waals surface area contributed by atoms with Gasteiger partial charge in [-0.2, -0.15) is 4.98 Å². The van der Waals surface area contributed by atoms with Crippen molar-refractivity contribution in [2.45, 2.75) is 57.5 Å². The van der Waals surface area contributed by atoms with Gasteiger partial charge >= 0.3 is 0 Å². The van der Waals surface area contributed by atoms with E-state index < -0.39 is 0 Å². The van der Waals surface area contributed by atoms with E-state index in [-0.39, 0.29) is 12.4 Å². The number of hydrogen-bond donors (Lipinski definition) is 0. The van der Waals surface area contributed by atoms with Crippen LogP contribution in [0.3, 0.4) is 0 Å². The number of morpholine rings is 1. The Morgan fingerprint density at radius 3 is 2.53 bits per heavy atom. The first kappa shape index (κ1) is 23.2. The number of benzene rings is 1. The molecule has 1 saturated carbocycles. The topological polar surface area (TPSA) is 54.6 Å². The molecule has 1 aliphatic heterocycles. The van der Waals surface area contributed by atoms with Crippen molar-refractivity contribution in [3.05, 3.63) is 35.7 Å². The number of aryl methyl sites for hydroxylation is 1. The van der Waals surface area contributed by atoms with Crippen molar-refractivity contribution in [3.63, 3.8) is 0 Å². The number of nitrogens with zero attached hydrogens (tertiary/aromatic N) is 4. The second-order valence-corrected chi connectivity index (χ2v) is 8.47. The van der Waals surface area contributed by atoms with Crippen LogP contribution in [0.15, 0.2) is 28.8 Å². The number of hydrogen-bond acceptors (Lipinski definition) is 6. The molecule has 0 amide bonds. The van der Waals surface area contributed by atoms with Gasteiger partial charge in [0.05, 0.1) is 19.8 Å². The predicted molar refractivity (Wildman–Crippen MR) is 121 cm³/mol. The largest absolute Gasteiger partial charge is 0.379 e. The zero-order valence-corrected chi connectivity index (χ0v) is 18.9. The molecule has 1 saturated heterocycles. The van der Waals surface area contributed by atoms with Crippen molar-refractivity contribution in [3.8, 4) is 11.4 Å². The molecule has 2 aromatic rings. The van der Waals surface area contributed by atoms with Gasteiger partial charge in [0.1, 0.15) is 0 Å². The van der Waals surface area contributed by atoms with E-state index in [0.29, 0.717) is 17.8 Å². The average Bonchev–Trinajstić information content (AvgIpc) is 3.24. The molecule has 0 spiro atoms. The van der Waals surface area contributed by atoms with Crippen LogP contribution in [0.1, 0.15) is 50.0 Å². The van der Waals surface area contributed by atoms with E-state index in [1.54, 1.807) is 0 Å². The summed E-state index contributed by atoms with van der Waals surface area (Å²) in [5.74, 6) is 1.40. The molecule has 1 aliphatic carbocycles. The molecule has 6 nitrogen and oxygen atoms in total. The third-order valence-electron chi connectivity index (χ3n) is 6.31. The summed E-state index contributed by atoms with van der Waals surface area (Å²) in [6, 6.07) is 9.26. The molecule has 0 bridgehead atoms. The molecular formula is C23H35ClN4O2. The van der Waals surface area contributed by atoms with Gasteiger partial charge in [-0.05, 0) is 44.8 Å². The summed E-state index contributed by atoms with van der Waals surface area (Å²) < 4.78 is 10.9. The van der Waals surface area contributed by atoms with Gasteiger partial charge in [-0.25, -0.2) is 0 Å². The van der Waals surface area contributed by atoms with Crippen molar-refractivity contribution in [1.29, 1.82) is 0 Å². The van der Waals surface area contributed by atoms with E-state index in [4.69, 9.17) is 9.26 Å². The number of rotatable bonds is 8. The highest BCUT2D eigenvalue weighted by atomic mass is 35.5. The Morgan fingerprint density at radius 1 is 1.07 bits per heavy atom. The summed E-state index contributed by atoms with van der Waals surface area (Å²) in [6.07, 6.45) is 8.89. The van der Waals surface area contributed by atoms with Gasteiger partial charge in [0, 0.05) is 24.7 Å². The van der Waals surface area contributed by atoms with E-state index in [9.17, 15) is 0 Å². The van der Waals surface area contributed by atoms with Crippen LogP contribution in [0.25, 0.3) is 11.4 Å².